The molecule has 3 atom stereocenters. The molecule has 3 unspecified atom stereocenters. The van der Waals surface area contributed by atoms with E-state index in [1.165, 1.54) is 19.5 Å². The number of hydrogen-bond acceptors (Lipinski definition) is 3. The number of nitrogens with zero attached hydrogens (tertiary/aromatic N) is 1. The molecule has 0 radical (unpaired) electrons. The minimum atomic E-state index is -0.0997. The van der Waals surface area contributed by atoms with E-state index in [4.69, 9.17) is 4.42 Å². The lowest BCUT2D eigenvalue weighted by Crippen LogP contribution is -2.46. The van der Waals surface area contributed by atoms with Crippen LogP contribution in [0, 0.1) is 12.8 Å². The number of rotatable bonds is 3. The molecule has 4 nitrogen and oxygen atoms in total. The van der Waals surface area contributed by atoms with Crippen molar-refractivity contribution in [3.63, 3.8) is 0 Å². The molecule has 1 amide bonds. The first-order chi connectivity index (χ1) is 11.2. The Labute approximate surface area is 136 Å². The van der Waals surface area contributed by atoms with E-state index in [0.29, 0.717) is 5.76 Å². The van der Waals surface area contributed by atoms with Crippen LogP contribution in [0.25, 0.3) is 11.3 Å². The maximum absolute atomic E-state index is 12.5. The third kappa shape index (κ3) is 2.91. The number of aryl methyl sites for hydroxylation is 1. The van der Waals surface area contributed by atoms with Crippen LogP contribution in [0.1, 0.15) is 29.0 Å². The van der Waals surface area contributed by atoms with E-state index in [2.05, 4.69) is 10.2 Å². The van der Waals surface area contributed by atoms with Crippen molar-refractivity contribution >= 4 is 5.91 Å². The Morgan fingerprint density at radius 3 is 2.91 bits per heavy atom. The lowest BCUT2D eigenvalue weighted by Gasteiger charge is -2.30. The van der Waals surface area contributed by atoms with E-state index in [9.17, 15) is 4.79 Å². The van der Waals surface area contributed by atoms with Crippen LogP contribution in [-0.2, 0) is 0 Å². The summed E-state index contributed by atoms with van der Waals surface area (Å²) in [5.41, 5.74) is 2.18. The highest BCUT2D eigenvalue weighted by molar-refractivity contribution is 5.92. The summed E-state index contributed by atoms with van der Waals surface area (Å²) in [6.45, 7) is 5.39. The van der Waals surface area contributed by atoms with Crippen molar-refractivity contribution in [3.05, 3.63) is 47.7 Å². The zero-order valence-electron chi connectivity index (χ0n) is 13.4. The molecular weight excluding hydrogens is 288 g/mol. The summed E-state index contributed by atoms with van der Waals surface area (Å²) in [4.78, 5) is 14.9. The average Bonchev–Trinajstić information content (AvgIpc) is 3.15. The zero-order chi connectivity index (χ0) is 15.8. The average molecular weight is 310 g/mol. The number of fused-ring (bicyclic) bond motifs is 2. The van der Waals surface area contributed by atoms with Gasteiger partial charge in [0, 0.05) is 24.7 Å². The van der Waals surface area contributed by atoms with Crippen LogP contribution in [0.2, 0.25) is 0 Å². The van der Waals surface area contributed by atoms with Crippen molar-refractivity contribution in [2.24, 2.45) is 5.92 Å². The summed E-state index contributed by atoms with van der Waals surface area (Å²) in [7, 11) is 0. The molecule has 1 N–H and O–H groups in total. The van der Waals surface area contributed by atoms with Gasteiger partial charge in [0.05, 0.1) is 0 Å². The van der Waals surface area contributed by atoms with Crippen LogP contribution < -0.4 is 5.32 Å². The van der Waals surface area contributed by atoms with E-state index >= 15 is 0 Å². The summed E-state index contributed by atoms with van der Waals surface area (Å²) >= 11 is 0. The van der Waals surface area contributed by atoms with Gasteiger partial charge in [0.15, 0.2) is 5.76 Å². The first kappa shape index (κ1) is 14.5. The molecule has 2 fully saturated rings. The number of carbonyl (C=O) groups is 1. The molecule has 23 heavy (non-hydrogen) atoms. The lowest BCUT2D eigenvalue weighted by molar-refractivity contribution is 0.0882. The minimum absolute atomic E-state index is 0.0997. The van der Waals surface area contributed by atoms with Crippen LogP contribution in [0.4, 0.5) is 0 Å². The Balaban J connectivity index is 1.46. The van der Waals surface area contributed by atoms with E-state index in [1.54, 1.807) is 6.07 Å². The van der Waals surface area contributed by atoms with Gasteiger partial charge >= 0.3 is 0 Å². The monoisotopic (exact) mass is 310 g/mol. The molecule has 2 aliphatic heterocycles. The van der Waals surface area contributed by atoms with Crippen LogP contribution in [0.5, 0.6) is 0 Å². The maximum Gasteiger partial charge on any atom is 0.287 e. The van der Waals surface area contributed by atoms with E-state index < -0.39 is 0 Å². The summed E-state index contributed by atoms with van der Waals surface area (Å²) < 4.78 is 5.80. The molecule has 1 aromatic heterocycles. The summed E-state index contributed by atoms with van der Waals surface area (Å²) in [5.74, 6) is 1.79. The third-order valence-electron chi connectivity index (χ3n) is 5.04. The summed E-state index contributed by atoms with van der Waals surface area (Å²) in [6, 6.07) is 11.9. The number of piperidine rings is 1. The summed E-state index contributed by atoms with van der Waals surface area (Å²) in [6.07, 6.45) is 2.36. The second-order valence-corrected chi connectivity index (χ2v) is 6.80. The fourth-order valence-electron chi connectivity index (χ4n) is 3.87. The van der Waals surface area contributed by atoms with Crippen molar-refractivity contribution in [1.29, 1.82) is 0 Å². The Hall–Kier alpha value is -2.07. The topological polar surface area (TPSA) is 45.5 Å². The van der Waals surface area contributed by atoms with Crippen LogP contribution in [0.15, 0.2) is 40.8 Å². The van der Waals surface area contributed by atoms with Gasteiger partial charge in [-0.25, -0.2) is 0 Å². The van der Waals surface area contributed by atoms with Gasteiger partial charge in [0.2, 0.25) is 0 Å². The van der Waals surface area contributed by atoms with Gasteiger partial charge in [-0.1, -0.05) is 24.3 Å². The number of furan rings is 1. The normalized spacial score (nSPS) is 26.2. The highest BCUT2D eigenvalue weighted by Gasteiger charge is 2.33. The van der Waals surface area contributed by atoms with E-state index in [-0.39, 0.29) is 11.9 Å². The van der Waals surface area contributed by atoms with Crippen molar-refractivity contribution in [2.75, 3.05) is 19.6 Å². The Morgan fingerprint density at radius 2 is 2.09 bits per heavy atom. The second kappa shape index (κ2) is 5.85. The number of amides is 1. The minimum Gasteiger partial charge on any atom is -0.451 e. The molecule has 2 aliphatic rings. The van der Waals surface area contributed by atoms with Gasteiger partial charge in [-0.3, -0.25) is 4.79 Å². The zero-order valence-corrected chi connectivity index (χ0v) is 13.4. The largest absolute Gasteiger partial charge is 0.451 e. The quantitative estimate of drug-likeness (QED) is 0.947. The van der Waals surface area contributed by atoms with Crippen LogP contribution >= 0.6 is 0 Å². The number of benzene rings is 1. The predicted molar refractivity (Wildman–Crippen MR) is 89.3 cm³/mol. The fraction of sp³-hybridized carbons (Fsp3) is 0.421. The second-order valence-electron chi connectivity index (χ2n) is 6.80. The van der Waals surface area contributed by atoms with Crippen molar-refractivity contribution in [3.8, 4) is 11.3 Å². The SMILES string of the molecule is Cc1ccccc1-c1ccc(C(=O)NC2CC3CCN(C3)C2)o1. The molecule has 0 saturated carbocycles. The first-order valence-corrected chi connectivity index (χ1v) is 8.38. The van der Waals surface area contributed by atoms with Gasteiger partial charge in [0.1, 0.15) is 5.76 Å². The first-order valence-electron chi connectivity index (χ1n) is 8.38. The number of nitrogens with one attached hydrogen (secondary N) is 1. The van der Waals surface area contributed by atoms with Crippen molar-refractivity contribution in [2.45, 2.75) is 25.8 Å². The molecule has 4 heteroatoms. The Kier molecular flexibility index (Phi) is 3.69. The number of carbonyl (C=O) groups excluding carboxylic acids is 1. The lowest BCUT2D eigenvalue weighted by atomic mass is 9.97. The van der Waals surface area contributed by atoms with Gasteiger partial charge < -0.3 is 14.6 Å². The Bertz CT molecular complexity index is 710. The smallest absolute Gasteiger partial charge is 0.287 e. The Morgan fingerprint density at radius 1 is 1.22 bits per heavy atom. The molecule has 120 valence electrons. The van der Waals surface area contributed by atoms with Crippen molar-refractivity contribution < 1.29 is 9.21 Å². The molecular formula is C19H22N2O2. The molecule has 3 heterocycles. The molecule has 0 spiro atoms. The van der Waals surface area contributed by atoms with Gasteiger partial charge in [-0.05, 0) is 49.9 Å². The molecule has 1 aromatic carbocycles. The molecule has 2 bridgehead atoms. The highest BCUT2D eigenvalue weighted by Crippen LogP contribution is 2.28. The van der Waals surface area contributed by atoms with E-state index in [0.717, 1.165) is 35.8 Å². The molecule has 4 rings (SSSR count). The van der Waals surface area contributed by atoms with Gasteiger partial charge in [-0.15, -0.1) is 0 Å². The predicted octanol–water partition coefficient (Wildman–Crippen LogP) is 3.08. The van der Waals surface area contributed by atoms with Gasteiger partial charge in [-0.2, -0.15) is 0 Å². The van der Waals surface area contributed by atoms with Gasteiger partial charge in [0.25, 0.3) is 5.91 Å². The summed E-state index contributed by atoms with van der Waals surface area (Å²) in [5, 5.41) is 3.14. The standard InChI is InChI=1S/C19H22N2O2/c1-13-4-2-3-5-16(13)17-6-7-18(23-17)19(22)20-15-10-14-8-9-21(11-14)12-15/h2-7,14-15H,8-12H2,1H3,(H,20,22). The molecule has 2 aromatic rings. The van der Waals surface area contributed by atoms with Crippen LogP contribution in [-0.4, -0.2) is 36.5 Å². The fourth-order valence-corrected chi connectivity index (χ4v) is 3.87. The maximum atomic E-state index is 12.5. The third-order valence-corrected chi connectivity index (χ3v) is 5.04. The highest BCUT2D eigenvalue weighted by atomic mass is 16.3. The van der Waals surface area contributed by atoms with Crippen molar-refractivity contribution in [1.82, 2.24) is 10.2 Å². The number of hydrogen-bond donors (Lipinski definition) is 1. The van der Waals surface area contributed by atoms with Crippen LogP contribution in [0.3, 0.4) is 0 Å². The molecule has 0 aliphatic carbocycles. The van der Waals surface area contributed by atoms with E-state index in [1.807, 2.05) is 37.3 Å². The molecule has 2 saturated heterocycles.